The molecule has 0 amide bonds. The largest absolute Gasteiger partial charge is 0.413 e. The standard InChI is InChI=1S/C31H44N4O5SSi/c1-20(2)42(21(3)4,22(5)6)40-29-15-26(14-25(29)18-36)34-31-28(16-32-19-33-31)30(37)24-12-13-35(17-24)41(38,39)27-10-8-23(7)9-11-27/h8-13,16-17,19-22,25-26,29,36H,14-15,18H2,1-7H3,(H,32,33,34)/t25-,26-,29+/m1/s1. The topological polar surface area (TPSA) is 123 Å². The van der Waals surface area contributed by atoms with E-state index in [1.165, 1.54) is 31.0 Å². The molecule has 42 heavy (non-hydrogen) atoms. The number of carbonyl (C=O) groups is 1. The second kappa shape index (κ2) is 12.8. The summed E-state index contributed by atoms with van der Waals surface area (Å²) in [6, 6.07) is 8.00. The van der Waals surface area contributed by atoms with Crippen molar-refractivity contribution in [2.45, 2.75) is 95.0 Å². The maximum absolute atomic E-state index is 13.6. The fourth-order valence-electron chi connectivity index (χ4n) is 6.66. The lowest BCUT2D eigenvalue weighted by molar-refractivity contribution is 0.0941. The molecule has 4 rings (SSSR count). The first-order valence-electron chi connectivity index (χ1n) is 14.7. The molecule has 0 unspecified atom stereocenters. The molecular formula is C31H44N4O5SSi. The van der Waals surface area contributed by atoms with Crippen molar-refractivity contribution >= 4 is 29.9 Å². The van der Waals surface area contributed by atoms with Gasteiger partial charge in [-0.3, -0.25) is 4.79 Å². The van der Waals surface area contributed by atoms with Crippen molar-refractivity contribution in [1.82, 2.24) is 13.9 Å². The van der Waals surface area contributed by atoms with Gasteiger partial charge in [0.1, 0.15) is 12.1 Å². The van der Waals surface area contributed by atoms with E-state index in [9.17, 15) is 18.3 Å². The van der Waals surface area contributed by atoms with Gasteiger partial charge in [-0.05, 0) is 54.6 Å². The molecule has 0 bridgehead atoms. The van der Waals surface area contributed by atoms with Gasteiger partial charge in [0.25, 0.3) is 10.0 Å². The van der Waals surface area contributed by atoms with Crippen molar-refractivity contribution in [1.29, 1.82) is 0 Å². The first kappa shape index (κ1) is 32.1. The number of aliphatic hydroxyl groups excluding tert-OH is 1. The molecule has 0 radical (unpaired) electrons. The number of ketones is 1. The zero-order chi connectivity index (χ0) is 30.8. The van der Waals surface area contributed by atoms with Gasteiger partial charge in [-0.15, -0.1) is 0 Å². The molecule has 0 saturated heterocycles. The van der Waals surface area contributed by atoms with Crippen molar-refractivity contribution in [2.75, 3.05) is 11.9 Å². The fraction of sp³-hybridized carbons (Fsp3) is 0.516. The summed E-state index contributed by atoms with van der Waals surface area (Å²) >= 11 is 0. The molecule has 1 saturated carbocycles. The smallest absolute Gasteiger partial charge is 0.267 e. The highest BCUT2D eigenvalue weighted by Crippen LogP contribution is 2.46. The highest BCUT2D eigenvalue weighted by atomic mass is 32.2. The number of hydrogen-bond donors (Lipinski definition) is 2. The van der Waals surface area contributed by atoms with Crippen molar-refractivity contribution in [3.8, 4) is 0 Å². The predicted molar refractivity (Wildman–Crippen MR) is 167 cm³/mol. The minimum Gasteiger partial charge on any atom is -0.413 e. The van der Waals surface area contributed by atoms with Gasteiger partial charge < -0.3 is 14.8 Å². The maximum atomic E-state index is 13.6. The van der Waals surface area contributed by atoms with E-state index in [0.717, 1.165) is 9.54 Å². The molecule has 1 fully saturated rings. The van der Waals surface area contributed by atoms with Gasteiger partial charge in [0.15, 0.2) is 5.78 Å². The normalized spacial score (nSPS) is 19.6. The van der Waals surface area contributed by atoms with Crippen LogP contribution < -0.4 is 5.32 Å². The van der Waals surface area contributed by atoms with E-state index in [1.807, 2.05) is 6.92 Å². The molecule has 0 spiro atoms. The van der Waals surface area contributed by atoms with Crippen LogP contribution in [0.5, 0.6) is 0 Å². The summed E-state index contributed by atoms with van der Waals surface area (Å²) in [6.45, 7) is 15.4. The van der Waals surface area contributed by atoms with E-state index in [4.69, 9.17) is 4.43 Å². The molecule has 2 heterocycles. The van der Waals surface area contributed by atoms with Crippen molar-refractivity contribution in [3.05, 3.63) is 71.9 Å². The lowest BCUT2D eigenvalue weighted by Crippen LogP contribution is -2.51. The molecule has 11 heteroatoms. The third-order valence-electron chi connectivity index (χ3n) is 8.75. The van der Waals surface area contributed by atoms with E-state index in [-0.39, 0.29) is 46.5 Å². The summed E-state index contributed by atoms with van der Waals surface area (Å²) in [6.07, 6.45) is 6.81. The summed E-state index contributed by atoms with van der Waals surface area (Å²) in [5, 5.41) is 13.7. The molecule has 3 aromatic rings. The number of hydrogen-bond acceptors (Lipinski definition) is 8. The van der Waals surface area contributed by atoms with Crippen LogP contribution in [-0.4, -0.2) is 60.3 Å². The zero-order valence-corrected chi connectivity index (χ0v) is 27.4. The highest BCUT2D eigenvalue weighted by Gasteiger charge is 2.49. The van der Waals surface area contributed by atoms with E-state index in [0.29, 0.717) is 35.3 Å². The molecule has 2 aromatic heterocycles. The van der Waals surface area contributed by atoms with Gasteiger partial charge in [-0.2, -0.15) is 0 Å². The summed E-state index contributed by atoms with van der Waals surface area (Å²) < 4.78 is 34.3. The van der Waals surface area contributed by atoms with E-state index < -0.39 is 18.3 Å². The predicted octanol–water partition coefficient (Wildman–Crippen LogP) is 5.80. The van der Waals surface area contributed by atoms with E-state index >= 15 is 0 Å². The van der Waals surface area contributed by atoms with Gasteiger partial charge in [0, 0.05) is 42.7 Å². The Morgan fingerprint density at radius 1 is 1.07 bits per heavy atom. The number of carbonyl (C=O) groups excluding carboxylic acids is 1. The highest BCUT2D eigenvalue weighted by molar-refractivity contribution is 7.90. The van der Waals surface area contributed by atoms with Crippen LogP contribution in [0.3, 0.4) is 0 Å². The molecule has 1 aliphatic rings. The van der Waals surface area contributed by atoms with E-state index in [2.05, 4.69) is 56.8 Å². The van der Waals surface area contributed by atoms with Crippen LogP contribution in [-0.2, 0) is 14.4 Å². The first-order valence-corrected chi connectivity index (χ1v) is 18.3. The summed E-state index contributed by atoms with van der Waals surface area (Å²) in [5.41, 5.74) is 2.70. The van der Waals surface area contributed by atoms with Crippen molar-refractivity contribution in [2.24, 2.45) is 5.92 Å². The molecule has 2 N–H and O–H groups in total. The number of anilines is 1. The Labute approximate surface area is 250 Å². The van der Waals surface area contributed by atoms with Crippen molar-refractivity contribution in [3.63, 3.8) is 0 Å². The van der Waals surface area contributed by atoms with E-state index in [1.54, 1.807) is 24.3 Å². The average Bonchev–Trinajstić information content (AvgIpc) is 3.59. The van der Waals surface area contributed by atoms with Crippen LogP contribution in [0.4, 0.5) is 5.82 Å². The van der Waals surface area contributed by atoms with Crippen LogP contribution >= 0.6 is 0 Å². The van der Waals surface area contributed by atoms with Gasteiger partial charge in [-0.1, -0.05) is 59.2 Å². The lowest BCUT2D eigenvalue weighted by Gasteiger charge is -2.45. The Morgan fingerprint density at radius 2 is 1.71 bits per heavy atom. The van der Waals surface area contributed by atoms with Crippen LogP contribution in [0.2, 0.25) is 16.6 Å². The summed E-state index contributed by atoms with van der Waals surface area (Å²) in [7, 11) is -6.00. The number of nitrogens with one attached hydrogen (secondary N) is 1. The molecule has 0 aliphatic heterocycles. The molecule has 3 atom stereocenters. The average molecular weight is 613 g/mol. The third-order valence-corrected chi connectivity index (χ3v) is 16.5. The van der Waals surface area contributed by atoms with Gasteiger partial charge >= 0.3 is 0 Å². The second-order valence-corrected chi connectivity index (χ2v) is 19.6. The Balaban J connectivity index is 1.54. The number of aliphatic hydroxyl groups is 1. The molecular weight excluding hydrogens is 569 g/mol. The SMILES string of the molecule is Cc1ccc(S(=O)(=O)n2ccc(C(=O)c3cncnc3N[C@@H]3C[C@H](CO)[C@@H](O[Si](C(C)C)(C(C)C)C(C)C)C3)c2)cc1. The Morgan fingerprint density at radius 3 is 2.31 bits per heavy atom. The number of rotatable bonds is 12. The minimum atomic E-state index is -3.85. The maximum Gasteiger partial charge on any atom is 0.267 e. The van der Waals surface area contributed by atoms with Gasteiger partial charge in [-0.25, -0.2) is 22.4 Å². The lowest BCUT2D eigenvalue weighted by atomic mass is 10.1. The van der Waals surface area contributed by atoms with Gasteiger partial charge in [0.2, 0.25) is 8.32 Å². The Kier molecular flexibility index (Phi) is 9.76. The monoisotopic (exact) mass is 612 g/mol. The summed E-state index contributed by atoms with van der Waals surface area (Å²) in [4.78, 5) is 22.2. The quantitative estimate of drug-likeness (QED) is 0.194. The van der Waals surface area contributed by atoms with Crippen LogP contribution in [0.25, 0.3) is 0 Å². The fourth-order valence-corrected chi connectivity index (χ4v) is 13.5. The Hall–Kier alpha value is -2.86. The third kappa shape index (κ3) is 6.24. The van der Waals surface area contributed by atoms with Gasteiger partial charge in [0.05, 0.1) is 16.6 Å². The molecule has 228 valence electrons. The minimum absolute atomic E-state index is 0.0207. The Bertz CT molecular complexity index is 1470. The number of nitrogens with zero attached hydrogens (tertiary/aromatic N) is 3. The van der Waals surface area contributed by atoms with Crippen LogP contribution in [0.15, 0.2) is 60.1 Å². The number of aromatic nitrogens is 3. The number of aryl methyl sites for hydroxylation is 1. The van der Waals surface area contributed by atoms with Crippen molar-refractivity contribution < 1.29 is 22.7 Å². The first-order chi connectivity index (χ1) is 19.8. The number of benzene rings is 1. The molecule has 1 aromatic carbocycles. The second-order valence-electron chi connectivity index (χ2n) is 12.4. The molecule has 9 nitrogen and oxygen atoms in total. The van der Waals surface area contributed by atoms with Crippen LogP contribution in [0.1, 0.15) is 75.9 Å². The zero-order valence-electron chi connectivity index (χ0n) is 25.6. The summed E-state index contributed by atoms with van der Waals surface area (Å²) in [5.74, 6) is -0.0227. The van der Waals surface area contributed by atoms with Crippen LogP contribution in [0, 0.1) is 12.8 Å². The molecule has 1 aliphatic carbocycles.